The van der Waals surface area contributed by atoms with Crippen molar-refractivity contribution in [3.63, 3.8) is 0 Å². The van der Waals surface area contributed by atoms with Gasteiger partial charge in [0.1, 0.15) is 0 Å². The minimum atomic E-state index is 0.0411. The fourth-order valence-electron chi connectivity index (χ4n) is 2.30. The largest absolute Gasteiger partial charge is 0.338 e. The van der Waals surface area contributed by atoms with Crippen LogP contribution in [0.25, 0.3) is 0 Å². The zero-order chi connectivity index (χ0) is 12.8. The van der Waals surface area contributed by atoms with E-state index in [-0.39, 0.29) is 6.04 Å². The van der Waals surface area contributed by atoms with Crippen molar-refractivity contribution in [3.05, 3.63) is 0 Å². The molecule has 0 aromatic carbocycles. The molecule has 1 heterocycles. The molecule has 1 amide bonds. The standard InChI is InChI=1S/C13H26N2OS/c1-5-11(6-2)15(7-10(3)4)13(16)12-8-17-9-14-12/h10-12,14H,5-9H2,1-4H3. The van der Waals surface area contributed by atoms with Gasteiger partial charge in [0.05, 0.1) is 6.04 Å². The monoisotopic (exact) mass is 258 g/mol. The quantitative estimate of drug-likeness (QED) is 0.793. The van der Waals surface area contributed by atoms with E-state index in [0.717, 1.165) is 31.0 Å². The number of amides is 1. The van der Waals surface area contributed by atoms with Crippen LogP contribution < -0.4 is 5.32 Å². The highest BCUT2D eigenvalue weighted by Crippen LogP contribution is 2.17. The van der Waals surface area contributed by atoms with Crippen LogP contribution >= 0.6 is 11.8 Å². The van der Waals surface area contributed by atoms with Crippen LogP contribution in [0.4, 0.5) is 0 Å². The topological polar surface area (TPSA) is 32.3 Å². The number of nitrogens with one attached hydrogen (secondary N) is 1. The molecular formula is C13H26N2OS. The number of carbonyl (C=O) groups excluding carboxylic acids is 1. The lowest BCUT2D eigenvalue weighted by Gasteiger charge is -2.34. The second-order valence-corrected chi connectivity index (χ2v) is 6.16. The van der Waals surface area contributed by atoms with Gasteiger partial charge in [-0.15, -0.1) is 11.8 Å². The molecule has 0 aromatic heterocycles. The Hall–Kier alpha value is -0.220. The van der Waals surface area contributed by atoms with Gasteiger partial charge in [-0.25, -0.2) is 0 Å². The molecule has 1 unspecified atom stereocenters. The highest BCUT2D eigenvalue weighted by atomic mass is 32.2. The van der Waals surface area contributed by atoms with Crippen molar-refractivity contribution in [1.29, 1.82) is 0 Å². The van der Waals surface area contributed by atoms with Gasteiger partial charge in [-0.3, -0.25) is 10.1 Å². The molecule has 1 rings (SSSR count). The molecule has 0 aliphatic carbocycles. The van der Waals surface area contributed by atoms with E-state index in [0.29, 0.717) is 17.9 Å². The Morgan fingerprint density at radius 1 is 1.41 bits per heavy atom. The summed E-state index contributed by atoms with van der Waals surface area (Å²) >= 11 is 1.82. The van der Waals surface area contributed by atoms with Gasteiger partial charge in [-0.05, 0) is 18.8 Å². The first-order chi connectivity index (χ1) is 8.10. The minimum absolute atomic E-state index is 0.0411. The van der Waals surface area contributed by atoms with Gasteiger partial charge in [0.15, 0.2) is 0 Å². The van der Waals surface area contributed by atoms with Crippen molar-refractivity contribution in [2.75, 3.05) is 18.2 Å². The first-order valence-corrected chi connectivity index (χ1v) is 7.87. The highest BCUT2D eigenvalue weighted by Gasteiger charge is 2.30. The second kappa shape index (κ2) is 7.27. The van der Waals surface area contributed by atoms with Gasteiger partial charge in [-0.1, -0.05) is 27.7 Å². The number of thioether (sulfide) groups is 1. The van der Waals surface area contributed by atoms with E-state index in [1.54, 1.807) is 0 Å². The van der Waals surface area contributed by atoms with Crippen LogP contribution in [0.1, 0.15) is 40.5 Å². The lowest BCUT2D eigenvalue weighted by Crippen LogP contribution is -2.50. The molecule has 100 valence electrons. The number of hydrogen-bond donors (Lipinski definition) is 1. The Balaban J connectivity index is 2.69. The first kappa shape index (κ1) is 14.8. The Labute approximate surface area is 110 Å². The van der Waals surface area contributed by atoms with Crippen molar-refractivity contribution in [1.82, 2.24) is 10.2 Å². The van der Waals surface area contributed by atoms with Crippen LogP contribution in [0.15, 0.2) is 0 Å². The van der Waals surface area contributed by atoms with Gasteiger partial charge in [0.2, 0.25) is 5.91 Å². The van der Waals surface area contributed by atoms with Crippen LogP contribution in [-0.2, 0) is 4.79 Å². The van der Waals surface area contributed by atoms with Crippen LogP contribution in [0.3, 0.4) is 0 Å². The maximum Gasteiger partial charge on any atom is 0.240 e. The van der Waals surface area contributed by atoms with E-state index in [4.69, 9.17) is 0 Å². The number of rotatable bonds is 6. The van der Waals surface area contributed by atoms with Crippen molar-refractivity contribution in [2.24, 2.45) is 5.92 Å². The zero-order valence-electron chi connectivity index (χ0n) is 11.5. The number of nitrogens with zero attached hydrogens (tertiary/aromatic N) is 1. The molecular weight excluding hydrogens is 232 g/mol. The highest BCUT2D eigenvalue weighted by molar-refractivity contribution is 7.99. The molecule has 1 atom stereocenters. The molecule has 1 N–H and O–H groups in total. The molecule has 17 heavy (non-hydrogen) atoms. The summed E-state index contributed by atoms with van der Waals surface area (Å²) in [5.41, 5.74) is 0. The summed E-state index contributed by atoms with van der Waals surface area (Å²) in [4.78, 5) is 14.6. The molecule has 0 radical (unpaired) electrons. The summed E-state index contributed by atoms with van der Waals surface area (Å²) in [5, 5.41) is 3.28. The molecule has 0 saturated carbocycles. The van der Waals surface area contributed by atoms with Gasteiger partial charge in [-0.2, -0.15) is 0 Å². The molecule has 0 aromatic rings. The maximum absolute atomic E-state index is 12.5. The third-order valence-electron chi connectivity index (χ3n) is 3.24. The Morgan fingerprint density at radius 2 is 2.06 bits per heavy atom. The summed E-state index contributed by atoms with van der Waals surface area (Å²) < 4.78 is 0. The number of hydrogen-bond acceptors (Lipinski definition) is 3. The van der Waals surface area contributed by atoms with Crippen LogP contribution in [0.5, 0.6) is 0 Å². The van der Waals surface area contributed by atoms with Crippen molar-refractivity contribution < 1.29 is 4.79 Å². The summed E-state index contributed by atoms with van der Waals surface area (Å²) in [6.45, 7) is 9.59. The van der Waals surface area contributed by atoms with E-state index in [1.807, 2.05) is 11.8 Å². The molecule has 1 aliphatic rings. The van der Waals surface area contributed by atoms with Crippen LogP contribution in [0, 0.1) is 5.92 Å². The van der Waals surface area contributed by atoms with Gasteiger partial charge >= 0.3 is 0 Å². The number of carbonyl (C=O) groups is 1. The predicted octanol–water partition coefficient (Wildman–Crippen LogP) is 2.32. The van der Waals surface area contributed by atoms with Gasteiger partial charge in [0.25, 0.3) is 0 Å². The average Bonchev–Trinajstić information content (AvgIpc) is 2.81. The molecule has 1 saturated heterocycles. The third kappa shape index (κ3) is 4.18. The van der Waals surface area contributed by atoms with Crippen LogP contribution in [0.2, 0.25) is 0 Å². The van der Waals surface area contributed by atoms with Crippen molar-refractivity contribution >= 4 is 17.7 Å². The molecule has 1 aliphatic heterocycles. The molecule has 3 nitrogen and oxygen atoms in total. The molecule has 0 spiro atoms. The SMILES string of the molecule is CCC(CC)N(CC(C)C)C(=O)C1CSCN1. The predicted molar refractivity (Wildman–Crippen MR) is 75.2 cm³/mol. The van der Waals surface area contributed by atoms with E-state index in [9.17, 15) is 4.79 Å². The summed E-state index contributed by atoms with van der Waals surface area (Å²) in [6, 6.07) is 0.441. The molecule has 4 heteroatoms. The van der Waals surface area contributed by atoms with Crippen LogP contribution in [-0.4, -0.2) is 41.1 Å². The van der Waals surface area contributed by atoms with Crippen molar-refractivity contribution in [2.45, 2.75) is 52.6 Å². The second-order valence-electron chi connectivity index (χ2n) is 5.13. The fraction of sp³-hybridized carbons (Fsp3) is 0.923. The fourth-order valence-corrected chi connectivity index (χ4v) is 3.23. The smallest absolute Gasteiger partial charge is 0.240 e. The van der Waals surface area contributed by atoms with Crippen molar-refractivity contribution in [3.8, 4) is 0 Å². The summed E-state index contributed by atoms with van der Waals surface area (Å²) in [7, 11) is 0. The normalized spacial score (nSPS) is 20.2. The van der Waals surface area contributed by atoms with Gasteiger partial charge < -0.3 is 4.90 Å². The molecule has 1 fully saturated rings. The minimum Gasteiger partial charge on any atom is -0.338 e. The summed E-state index contributed by atoms with van der Waals surface area (Å²) in [5.74, 6) is 2.67. The zero-order valence-corrected chi connectivity index (χ0v) is 12.3. The van der Waals surface area contributed by atoms with E-state index in [2.05, 4.69) is 37.9 Å². The Morgan fingerprint density at radius 3 is 2.47 bits per heavy atom. The van der Waals surface area contributed by atoms with E-state index >= 15 is 0 Å². The Kier molecular flexibility index (Phi) is 6.34. The third-order valence-corrected chi connectivity index (χ3v) is 4.18. The lowest BCUT2D eigenvalue weighted by atomic mass is 10.1. The maximum atomic E-state index is 12.5. The first-order valence-electron chi connectivity index (χ1n) is 6.71. The lowest BCUT2D eigenvalue weighted by molar-refractivity contribution is -0.135. The Bertz CT molecular complexity index is 236. The van der Waals surface area contributed by atoms with E-state index in [1.165, 1.54) is 0 Å². The summed E-state index contributed by atoms with van der Waals surface area (Å²) in [6.07, 6.45) is 2.10. The van der Waals surface area contributed by atoms with Gasteiger partial charge in [0, 0.05) is 24.2 Å². The van der Waals surface area contributed by atoms with E-state index < -0.39 is 0 Å². The average molecular weight is 258 g/mol. The molecule has 0 bridgehead atoms.